The standard InChI is InChI=1S/C18H19NO4S/c20-18(21)17-12-15-8-4-5-9-16(15)13-19(17)24(22,23)11-10-14-6-2-1-3-7-14/h1-9,17H,10-13H2,(H,20,21). The van der Waals surface area contributed by atoms with Crippen LogP contribution in [0.15, 0.2) is 54.6 Å². The fraction of sp³-hybridized carbons (Fsp3) is 0.278. The molecule has 0 aliphatic carbocycles. The molecule has 0 bridgehead atoms. The molecule has 5 nitrogen and oxygen atoms in total. The zero-order valence-electron chi connectivity index (χ0n) is 13.1. The lowest BCUT2D eigenvalue weighted by Crippen LogP contribution is -2.49. The first-order valence-electron chi connectivity index (χ1n) is 7.80. The molecule has 126 valence electrons. The van der Waals surface area contributed by atoms with Crippen LogP contribution in [0.5, 0.6) is 0 Å². The Morgan fingerprint density at radius 1 is 1.04 bits per heavy atom. The lowest BCUT2D eigenvalue weighted by molar-refractivity contribution is -0.141. The fourth-order valence-corrected chi connectivity index (χ4v) is 4.63. The van der Waals surface area contributed by atoms with Crippen LogP contribution in [0.3, 0.4) is 0 Å². The molecule has 0 fully saturated rings. The van der Waals surface area contributed by atoms with Gasteiger partial charge in [-0.25, -0.2) is 8.42 Å². The van der Waals surface area contributed by atoms with Crippen molar-refractivity contribution in [2.24, 2.45) is 0 Å². The quantitative estimate of drug-likeness (QED) is 0.900. The molecule has 1 atom stereocenters. The second-order valence-corrected chi connectivity index (χ2v) is 7.96. The summed E-state index contributed by atoms with van der Waals surface area (Å²) in [6.07, 6.45) is 0.573. The number of aryl methyl sites for hydroxylation is 1. The Morgan fingerprint density at radius 2 is 1.67 bits per heavy atom. The highest BCUT2D eigenvalue weighted by atomic mass is 32.2. The first kappa shape index (κ1) is 16.7. The van der Waals surface area contributed by atoms with Crippen LogP contribution in [0, 0.1) is 0 Å². The number of carboxylic acids is 1. The summed E-state index contributed by atoms with van der Waals surface area (Å²) in [4.78, 5) is 11.6. The Hall–Kier alpha value is -2.18. The Labute approximate surface area is 141 Å². The average Bonchev–Trinajstić information content (AvgIpc) is 2.60. The number of rotatable bonds is 5. The minimum absolute atomic E-state index is 0.0943. The van der Waals surface area contributed by atoms with Gasteiger partial charge in [0.15, 0.2) is 0 Å². The molecule has 3 rings (SSSR count). The van der Waals surface area contributed by atoms with Gasteiger partial charge in [-0.05, 0) is 23.1 Å². The van der Waals surface area contributed by atoms with Crippen LogP contribution in [0.1, 0.15) is 16.7 Å². The molecule has 0 spiro atoms. The Morgan fingerprint density at radius 3 is 2.33 bits per heavy atom. The smallest absolute Gasteiger partial charge is 0.322 e. The zero-order chi connectivity index (χ0) is 17.2. The predicted octanol–water partition coefficient (Wildman–Crippen LogP) is 2.07. The lowest BCUT2D eigenvalue weighted by atomic mass is 9.96. The second-order valence-electron chi connectivity index (χ2n) is 5.92. The van der Waals surface area contributed by atoms with E-state index in [1.807, 2.05) is 54.6 Å². The molecule has 1 heterocycles. The molecule has 2 aromatic carbocycles. The van der Waals surface area contributed by atoms with E-state index < -0.39 is 22.0 Å². The third-order valence-corrected chi connectivity index (χ3v) is 6.16. The van der Waals surface area contributed by atoms with Gasteiger partial charge in [-0.2, -0.15) is 4.31 Å². The molecule has 0 aromatic heterocycles. The Bertz CT molecular complexity index is 833. The maximum atomic E-state index is 12.7. The molecular weight excluding hydrogens is 326 g/mol. The lowest BCUT2D eigenvalue weighted by Gasteiger charge is -2.33. The van der Waals surface area contributed by atoms with Crippen LogP contribution < -0.4 is 0 Å². The summed E-state index contributed by atoms with van der Waals surface area (Å²) in [5, 5.41) is 9.48. The normalized spacial score (nSPS) is 18.1. The van der Waals surface area contributed by atoms with E-state index in [4.69, 9.17) is 0 Å². The minimum Gasteiger partial charge on any atom is -0.480 e. The van der Waals surface area contributed by atoms with Crippen molar-refractivity contribution < 1.29 is 18.3 Å². The average molecular weight is 345 g/mol. The SMILES string of the molecule is O=C(O)C1Cc2ccccc2CN1S(=O)(=O)CCc1ccccc1. The second kappa shape index (κ2) is 6.75. The van der Waals surface area contributed by atoms with E-state index in [0.717, 1.165) is 21.0 Å². The van der Waals surface area contributed by atoms with Crippen molar-refractivity contribution in [1.29, 1.82) is 0 Å². The van der Waals surface area contributed by atoms with E-state index in [9.17, 15) is 18.3 Å². The zero-order valence-corrected chi connectivity index (χ0v) is 13.9. The maximum absolute atomic E-state index is 12.7. The van der Waals surface area contributed by atoms with Crippen LogP contribution >= 0.6 is 0 Å². The molecule has 6 heteroatoms. The fourth-order valence-electron chi connectivity index (χ4n) is 3.01. The largest absolute Gasteiger partial charge is 0.480 e. The van der Waals surface area contributed by atoms with Gasteiger partial charge < -0.3 is 5.11 Å². The molecule has 2 aromatic rings. The number of aliphatic carboxylic acids is 1. The molecule has 1 N–H and O–H groups in total. The van der Waals surface area contributed by atoms with Crippen LogP contribution in [0.4, 0.5) is 0 Å². The maximum Gasteiger partial charge on any atom is 0.322 e. The van der Waals surface area contributed by atoms with Gasteiger partial charge in [0.05, 0.1) is 5.75 Å². The van der Waals surface area contributed by atoms with Crippen LogP contribution in [0.2, 0.25) is 0 Å². The summed E-state index contributed by atoms with van der Waals surface area (Å²) >= 11 is 0. The summed E-state index contributed by atoms with van der Waals surface area (Å²) in [6.45, 7) is 0.115. The van der Waals surface area contributed by atoms with E-state index >= 15 is 0 Å². The number of benzene rings is 2. The van der Waals surface area contributed by atoms with Gasteiger partial charge in [0.25, 0.3) is 0 Å². The van der Waals surface area contributed by atoms with Gasteiger partial charge in [-0.15, -0.1) is 0 Å². The van der Waals surface area contributed by atoms with Crippen molar-refractivity contribution in [2.75, 3.05) is 5.75 Å². The van der Waals surface area contributed by atoms with E-state index in [2.05, 4.69) is 0 Å². The molecule has 1 unspecified atom stereocenters. The number of sulfonamides is 1. The van der Waals surface area contributed by atoms with Gasteiger partial charge in [0.2, 0.25) is 10.0 Å². The predicted molar refractivity (Wildman–Crippen MR) is 91.0 cm³/mol. The highest BCUT2D eigenvalue weighted by Crippen LogP contribution is 2.26. The van der Waals surface area contributed by atoms with Gasteiger partial charge in [0.1, 0.15) is 6.04 Å². The van der Waals surface area contributed by atoms with E-state index in [1.165, 1.54) is 0 Å². The van der Waals surface area contributed by atoms with Gasteiger partial charge in [0, 0.05) is 13.0 Å². The molecular formula is C18H19NO4S. The van der Waals surface area contributed by atoms with Crippen LogP contribution in [0.25, 0.3) is 0 Å². The van der Waals surface area contributed by atoms with Crippen molar-refractivity contribution >= 4 is 16.0 Å². The molecule has 1 aliphatic rings. The van der Waals surface area contributed by atoms with Crippen molar-refractivity contribution in [2.45, 2.75) is 25.4 Å². The van der Waals surface area contributed by atoms with Gasteiger partial charge in [-0.3, -0.25) is 4.79 Å². The van der Waals surface area contributed by atoms with E-state index in [0.29, 0.717) is 6.42 Å². The number of hydrogen-bond donors (Lipinski definition) is 1. The third kappa shape index (κ3) is 3.49. The van der Waals surface area contributed by atoms with Crippen LogP contribution in [-0.4, -0.2) is 35.6 Å². The summed E-state index contributed by atoms with van der Waals surface area (Å²) in [6, 6.07) is 15.7. The van der Waals surface area contributed by atoms with E-state index in [1.54, 1.807) is 0 Å². The first-order chi connectivity index (χ1) is 11.5. The number of hydrogen-bond acceptors (Lipinski definition) is 3. The summed E-state index contributed by atoms with van der Waals surface area (Å²) in [5.41, 5.74) is 2.70. The topological polar surface area (TPSA) is 74.7 Å². The van der Waals surface area contributed by atoms with E-state index in [-0.39, 0.29) is 18.7 Å². The van der Waals surface area contributed by atoms with Crippen molar-refractivity contribution in [3.8, 4) is 0 Å². The summed E-state index contributed by atoms with van der Waals surface area (Å²) < 4.78 is 26.6. The van der Waals surface area contributed by atoms with Crippen molar-refractivity contribution in [3.05, 3.63) is 71.3 Å². The molecule has 24 heavy (non-hydrogen) atoms. The number of fused-ring (bicyclic) bond motifs is 1. The number of carboxylic acid groups (broad SMARTS) is 1. The highest BCUT2D eigenvalue weighted by molar-refractivity contribution is 7.89. The van der Waals surface area contributed by atoms with Crippen molar-refractivity contribution in [3.63, 3.8) is 0 Å². The number of carbonyl (C=O) groups is 1. The Kier molecular flexibility index (Phi) is 4.69. The van der Waals surface area contributed by atoms with Crippen LogP contribution in [-0.2, 0) is 34.2 Å². The summed E-state index contributed by atoms with van der Waals surface area (Å²) in [7, 11) is -3.67. The highest BCUT2D eigenvalue weighted by Gasteiger charge is 2.38. The Balaban J connectivity index is 1.83. The molecule has 0 saturated heterocycles. The molecule has 0 saturated carbocycles. The van der Waals surface area contributed by atoms with Gasteiger partial charge >= 0.3 is 5.97 Å². The van der Waals surface area contributed by atoms with Crippen molar-refractivity contribution in [1.82, 2.24) is 4.31 Å². The number of nitrogens with zero attached hydrogens (tertiary/aromatic N) is 1. The molecule has 0 amide bonds. The third-order valence-electron chi connectivity index (χ3n) is 4.34. The monoisotopic (exact) mass is 345 g/mol. The molecule has 1 aliphatic heterocycles. The van der Waals surface area contributed by atoms with Gasteiger partial charge in [-0.1, -0.05) is 54.6 Å². The first-order valence-corrected chi connectivity index (χ1v) is 9.41. The summed E-state index contributed by atoms with van der Waals surface area (Å²) in [5.74, 6) is -1.20. The molecule has 0 radical (unpaired) electrons. The minimum atomic E-state index is -3.67.